The van der Waals surface area contributed by atoms with E-state index in [0.29, 0.717) is 37.2 Å². The summed E-state index contributed by atoms with van der Waals surface area (Å²) in [5.74, 6) is 3.32. The molecule has 0 saturated carbocycles. The maximum atomic E-state index is 5.87. The highest BCUT2D eigenvalue weighted by atomic mass is 16.5. The number of aryl methyl sites for hydroxylation is 2. The minimum absolute atomic E-state index is 0.0565. The van der Waals surface area contributed by atoms with Crippen LogP contribution in [0.4, 0.5) is 0 Å². The Balaban J connectivity index is 1.37. The number of hydrogen-bond donors (Lipinski definition) is 0. The van der Waals surface area contributed by atoms with E-state index in [4.69, 9.17) is 13.7 Å². The van der Waals surface area contributed by atoms with Crippen LogP contribution in [-0.2, 0) is 17.8 Å². The molecule has 3 aromatic rings. The molecule has 0 amide bonds. The predicted molar refractivity (Wildman–Crippen MR) is 86.5 cm³/mol. The molecule has 1 aliphatic rings. The van der Waals surface area contributed by atoms with Gasteiger partial charge >= 0.3 is 0 Å². The SMILES string of the molecule is Cc1nc(C)n(C[C@H]2CN(Cc3nc(-c4ccco4)no3)CCO2)n1. The third-order valence-corrected chi connectivity index (χ3v) is 4.13. The van der Waals surface area contributed by atoms with Crippen molar-refractivity contribution in [1.82, 2.24) is 29.8 Å². The van der Waals surface area contributed by atoms with Crippen molar-refractivity contribution in [3.05, 3.63) is 35.9 Å². The van der Waals surface area contributed by atoms with Gasteiger partial charge in [-0.1, -0.05) is 5.16 Å². The summed E-state index contributed by atoms with van der Waals surface area (Å²) in [4.78, 5) is 11.0. The molecule has 1 saturated heterocycles. The van der Waals surface area contributed by atoms with Gasteiger partial charge in [-0.05, 0) is 26.0 Å². The number of morpholine rings is 1. The highest BCUT2D eigenvalue weighted by molar-refractivity contribution is 5.44. The normalized spacial score (nSPS) is 18.7. The van der Waals surface area contributed by atoms with Crippen LogP contribution in [0.2, 0.25) is 0 Å². The van der Waals surface area contributed by atoms with E-state index in [2.05, 4.69) is 25.1 Å². The largest absolute Gasteiger partial charge is 0.461 e. The number of furan rings is 1. The van der Waals surface area contributed by atoms with Gasteiger partial charge in [0.1, 0.15) is 11.6 Å². The lowest BCUT2D eigenvalue weighted by Crippen LogP contribution is -2.44. The van der Waals surface area contributed by atoms with E-state index >= 15 is 0 Å². The zero-order valence-corrected chi connectivity index (χ0v) is 14.3. The van der Waals surface area contributed by atoms with Crippen molar-refractivity contribution in [1.29, 1.82) is 0 Å². The van der Waals surface area contributed by atoms with E-state index in [-0.39, 0.29) is 6.10 Å². The summed E-state index contributed by atoms with van der Waals surface area (Å²) in [7, 11) is 0. The molecule has 0 N–H and O–H groups in total. The minimum atomic E-state index is 0.0565. The van der Waals surface area contributed by atoms with E-state index in [0.717, 1.165) is 24.7 Å². The third kappa shape index (κ3) is 3.62. The van der Waals surface area contributed by atoms with Gasteiger partial charge in [-0.2, -0.15) is 10.1 Å². The molecule has 1 atom stereocenters. The first-order chi connectivity index (χ1) is 12.2. The summed E-state index contributed by atoms with van der Waals surface area (Å²) >= 11 is 0. The van der Waals surface area contributed by atoms with Crippen LogP contribution in [0.25, 0.3) is 11.6 Å². The zero-order chi connectivity index (χ0) is 17.2. The van der Waals surface area contributed by atoms with Crippen LogP contribution < -0.4 is 0 Å². The van der Waals surface area contributed by atoms with Gasteiger partial charge < -0.3 is 13.7 Å². The molecule has 4 rings (SSSR count). The number of aromatic nitrogens is 5. The fourth-order valence-corrected chi connectivity index (χ4v) is 2.98. The van der Waals surface area contributed by atoms with Gasteiger partial charge in [-0.3, -0.25) is 4.90 Å². The van der Waals surface area contributed by atoms with E-state index in [9.17, 15) is 0 Å². The molecule has 9 heteroatoms. The molecule has 25 heavy (non-hydrogen) atoms. The minimum Gasteiger partial charge on any atom is -0.461 e. The van der Waals surface area contributed by atoms with Gasteiger partial charge in [0, 0.05) is 13.1 Å². The Morgan fingerprint density at radius 1 is 1.28 bits per heavy atom. The second-order valence-electron chi connectivity index (χ2n) is 6.11. The molecule has 0 aromatic carbocycles. The monoisotopic (exact) mass is 344 g/mol. The quantitative estimate of drug-likeness (QED) is 0.686. The second-order valence-corrected chi connectivity index (χ2v) is 6.11. The third-order valence-electron chi connectivity index (χ3n) is 4.13. The maximum Gasteiger partial charge on any atom is 0.241 e. The summed E-state index contributed by atoms with van der Waals surface area (Å²) in [5, 5.41) is 8.37. The van der Waals surface area contributed by atoms with E-state index in [1.165, 1.54) is 0 Å². The standard InChI is InChI=1S/C16H20N6O3/c1-11-17-12(2)22(19-11)9-13-8-21(5-7-23-13)10-15-18-16(20-25-15)14-4-3-6-24-14/h3-4,6,13H,5,7-10H2,1-2H3/t13-/m1/s1. The first kappa shape index (κ1) is 16.0. The molecule has 0 unspecified atom stereocenters. The van der Waals surface area contributed by atoms with Crippen LogP contribution in [0, 0.1) is 13.8 Å². The molecule has 9 nitrogen and oxygen atoms in total. The second kappa shape index (κ2) is 6.77. The summed E-state index contributed by atoms with van der Waals surface area (Å²) in [6.45, 7) is 7.38. The first-order valence-corrected chi connectivity index (χ1v) is 8.26. The Morgan fingerprint density at radius 2 is 2.20 bits per heavy atom. The average Bonchev–Trinajstić information content (AvgIpc) is 3.30. The summed E-state index contributed by atoms with van der Waals surface area (Å²) in [6.07, 6.45) is 1.65. The van der Waals surface area contributed by atoms with E-state index < -0.39 is 0 Å². The number of ether oxygens (including phenoxy) is 1. The van der Waals surface area contributed by atoms with Gasteiger partial charge in [-0.25, -0.2) is 9.67 Å². The van der Waals surface area contributed by atoms with Crippen LogP contribution in [0.15, 0.2) is 27.3 Å². The fraction of sp³-hybridized carbons (Fsp3) is 0.500. The number of nitrogens with zero attached hydrogens (tertiary/aromatic N) is 6. The van der Waals surface area contributed by atoms with Crippen molar-refractivity contribution in [2.75, 3.05) is 19.7 Å². The Morgan fingerprint density at radius 3 is 2.96 bits per heavy atom. The fourth-order valence-electron chi connectivity index (χ4n) is 2.98. The molecule has 4 heterocycles. The van der Waals surface area contributed by atoms with Crippen molar-refractivity contribution in [2.45, 2.75) is 33.0 Å². The molecule has 1 fully saturated rings. The van der Waals surface area contributed by atoms with Gasteiger partial charge in [0.2, 0.25) is 11.7 Å². The first-order valence-electron chi connectivity index (χ1n) is 8.26. The van der Waals surface area contributed by atoms with Crippen molar-refractivity contribution in [3.63, 3.8) is 0 Å². The van der Waals surface area contributed by atoms with Crippen LogP contribution in [-0.4, -0.2) is 55.6 Å². The molecule has 0 bridgehead atoms. The Bertz CT molecular complexity index is 825. The summed E-state index contributed by atoms with van der Waals surface area (Å²) < 4.78 is 18.4. The van der Waals surface area contributed by atoms with Gasteiger partial charge in [0.15, 0.2) is 5.76 Å². The van der Waals surface area contributed by atoms with Gasteiger partial charge in [0.25, 0.3) is 0 Å². The maximum absolute atomic E-state index is 5.87. The molecule has 3 aromatic heterocycles. The van der Waals surface area contributed by atoms with Crippen LogP contribution in [0.5, 0.6) is 0 Å². The van der Waals surface area contributed by atoms with Crippen molar-refractivity contribution in [3.8, 4) is 11.6 Å². The van der Waals surface area contributed by atoms with Crippen molar-refractivity contribution < 1.29 is 13.7 Å². The predicted octanol–water partition coefficient (Wildman–Crippen LogP) is 1.44. The summed E-state index contributed by atoms with van der Waals surface area (Å²) in [6, 6.07) is 3.60. The summed E-state index contributed by atoms with van der Waals surface area (Å²) in [5.41, 5.74) is 0. The molecular formula is C16H20N6O3. The van der Waals surface area contributed by atoms with Crippen molar-refractivity contribution in [2.24, 2.45) is 0 Å². The molecule has 132 valence electrons. The highest BCUT2D eigenvalue weighted by Gasteiger charge is 2.24. The Labute approximate surface area is 144 Å². The van der Waals surface area contributed by atoms with Crippen LogP contribution >= 0.6 is 0 Å². The zero-order valence-electron chi connectivity index (χ0n) is 14.3. The smallest absolute Gasteiger partial charge is 0.241 e. The average molecular weight is 344 g/mol. The van der Waals surface area contributed by atoms with Gasteiger partial charge in [0.05, 0.1) is 32.1 Å². The lowest BCUT2D eigenvalue weighted by molar-refractivity contribution is -0.0429. The van der Waals surface area contributed by atoms with Crippen LogP contribution in [0.1, 0.15) is 17.5 Å². The molecule has 0 aliphatic carbocycles. The van der Waals surface area contributed by atoms with E-state index in [1.807, 2.05) is 24.6 Å². The Hall–Kier alpha value is -2.52. The number of rotatable bonds is 5. The van der Waals surface area contributed by atoms with Crippen molar-refractivity contribution >= 4 is 0 Å². The van der Waals surface area contributed by atoms with Crippen LogP contribution in [0.3, 0.4) is 0 Å². The molecule has 0 spiro atoms. The Kier molecular flexibility index (Phi) is 4.33. The lowest BCUT2D eigenvalue weighted by Gasteiger charge is -2.31. The number of hydrogen-bond acceptors (Lipinski definition) is 8. The lowest BCUT2D eigenvalue weighted by atomic mass is 10.2. The highest BCUT2D eigenvalue weighted by Crippen LogP contribution is 2.17. The van der Waals surface area contributed by atoms with E-state index in [1.54, 1.807) is 12.3 Å². The molecule has 0 radical (unpaired) electrons. The van der Waals surface area contributed by atoms with Gasteiger partial charge in [-0.15, -0.1) is 0 Å². The molecular weight excluding hydrogens is 324 g/mol. The molecule has 1 aliphatic heterocycles. The topological polar surface area (TPSA) is 95.2 Å².